The zero-order chi connectivity index (χ0) is 23.9. The van der Waals surface area contributed by atoms with Crippen molar-refractivity contribution in [1.29, 1.82) is 0 Å². The lowest BCUT2D eigenvalue weighted by Crippen LogP contribution is -2.10. The van der Waals surface area contributed by atoms with Crippen LogP contribution in [0.5, 0.6) is 0 Å². The van der Waals surface area contributed by atoms with Gasteiger partial charge in [-0.2, -0.15) is 5.10 Å². The molecule has 35 heavy (non-hydrogen) atoms. The van der Waals surface area contributed by atoms with Crippen LogP contribution in [0, 0.1) is 5.82 Å². The number of hydrogen-bond acceptors (Lipinski definition) is 7. The van der Waals surface area contributed by atoms with Crippen LogP contribution in [0.25, 0.3) is 56.0 Å². The van der Waals surface area contributed by atoms with E-state index in [0.29, 0.717) is 40.2 Å². The summed E-state index contributed by atoms with van der Waals surface area (Å²) < 4.78 is 15.9. The normalized spacial score (nSPS) is 11.7. The Labute approximate surface area is 199 Å². The van der Waals surface area contributed by atoms with E-state index in [0.717, 1.165) is 22.2 Å². The van der Waals surface area contributed by atoms with E-state index in [9.17, 15) is 0 Å². The summed E-state index contributed by atoms with van der Waals surface area (Å²) in [6.07, 6.45) is 10.1. The highest BCUT2D eigenvalue weighted by Gasteiger charge is 2.21. The molecule has 6 heterocycles. The van der Waals surface area contributed by atoms with Gasteiger partial charge in [0.25, 0.3) is 0 Å². The highest BCUT2D eigenvalue weighted by Crippen LogP contribution is 2.34. The molecule has 0 amide bonds. The largest absolute Gasteiger partial charge is 0.335 e. The van der Waals surface area contributed by atoms with Gasteiger partial charge in [-0.05, 0) is 49.5 Å². The summed E-state index contributed by atoms with van der Waals surface area (Å²) in [5, 5.41) is 7.53. The minimum atomic E-state index is -0.488. The van der Waals surface area contributed by atoms with Crippen LogP contribution in [-0.2, 0) is 6.54 Å². The van der Waals surface area contributed by atoms with Crippen LogP contribution < -0.4 is 0 Å². The van der Waals surface area contributed by atoms with E-state index in [1.807, 2.05) is 43.3 Å². The molecular formula is C25H20FN9. The van der Waals surface area contributed by atoms with Crippen molar-refractivity contribution in [1.82, 2.24) is 45.0 Å². The number of nitrogens with one attached hydrogen (secondary N) is 2. The highest BCUT2D eigenvalue weighted by molar-refractivity contribution is 5.97. The SMILES string of the molecule is CN(C)Cc1cncc(-c2ncc3[nH]nc(-c4nc5nccc(-c6ccncc6)c5[nH]4)c3c2F)c1. The number of hydrogen-bond donors (Lipinski definition) is 2. The maximum Gasteiger partial charge on any atom is 0.178 e. The fraction of sp³-hybridized carbons (Fsp3) is 0.120. The Morgan fingerprint density at radius 3 is 2.60 bits per heavy atom. The van der Waals surface area contributed by atoms with Crippen molar-refractivity contribution >= 4 is 22.1 Å². The molecule has 10 heteroatoms. The summed E-state index contributed by atoms with van der Waals surface area (Å²) in [5.41, 5.74) is 5.75. The number of H-pyrrole nitrogens is 2. The van der Waals surface area contributed by atoms with Gasteiger partial charge in [0.1, 0.15) is 11.4 Å². The van der Waals surface area contributed by atoms with E-state index in [4.69, 9.17) is 0 Å². The Morgan fingerprint density at radius 1 is 0.914 bits per heavy atom. The number of pyridine rings is 4. The van der Waals surface area contributed by atoms with E-state index in [1.54, 1.807) is 37.2 Å². The lowest BCUT2D eigenvalue weighted by molar-refractivity contribution is 0.402. The molecular weight excluding hydrogens is 445 g/mol. The van der Waals surface area contributed by atoms with E-state index in [-0.39, 0.29) is 5.69 Å². The molecule has 0 fully saturated rings. The first-order chi connectivity index (χ1) is 17.1. The van der Waals surface area contributed by atoms with Crippen molar-refractivity contribution in [2.75, 3.05) is 14.1 Å². The van der Waals surface area contributed by atoms with Gasteiger partial charge in [-0.1, -0.05) is 0 Å². The van der Waals surface area contributed by atoms with Crippen LogP contribution in [0.4, 0.5) is 4.39 Å². The number of rotatable bonds is 5. The maximum atomic E-state index is 15.9. The minimum Gasteiger partial charge on any atom is -0.335 e. The highest BCUT2D eigenvalue weighted by atomic mass is 19.1. The minimum absolute atomic E-state index is 0.208. The number of fused-ring (bicyclic) bond motifs is 2. The zero-order valence-corrected chi connectivity index (χ0v) is 19.0. The molecule has 0 unspecified atom stereocenters. The molecule has 172 valence electrons. The Bertz CT molecular complexity index is 1670. The summed E-state index contributed by atoms with van der Waals surface area (Å²) in [7, 11) is 3.94. The first-order valence-corrected chi connectivity index (χ1v) is 11.0. The lowest BCUT2D eigenvalue weighted by Gasteiger charge is -2.10. The van der Waals surface area contributed by atoms with Crippen LogP contribution in [0.2, 0.25) is 0 Å². The molecule has 0 bridgehead atoms. The second-order valence-corrected chi connectivity index (χ2v) is 8.48. The van der Waals surface area contributed by atoms with Crippen LogP contribution in [0.15, 0.2) is 61.4 Å². The van der Waals surface area contributed by atoms with Gasteiger partial charge in [0.2, 0.25) is 0 Å². The summed E-state index contributed by atoms with van der Waals surface area (Å²) >= 11 is 0. The van der Waals surface area contributed by atoms with Gasteiger partial charge in [0.05, 0.1) is 22.6 Å². The van der Waals surface area contributed by atoms with Crippen molar-refractivity contribution in [3.8, 4) is 33.9 Å². The average Bonchev–Trinajstić information content (AvgIpc) is 3.49. The molecule has 6 rings (SSSR count). The Balaban J connectivity index is 1.49. The third-order valence-electron chi connectivity index (χ3n) is 5.72. The molecule has 0 spiro atoms. The van der Waals surface area contributed by atoms with E-state index >= 15 is 4.39 Å². The van der Waals surface area contributed by atoms with Crippen LogP contribution >= 0.6 is 0 Å². The zero-order valence-electron chi connectivity index (χ0n) is 19.0. The third kappa shape index (κ3) is 3.69. The van der Waals surface area contributed by atoms with Gasteiger partial charge in [0.15, 0.2) is 17.3 Å². The van der Waals surface area contributed by atoms with E-state index in [1.165, 1.54) is 0 Å². The van der Waals surface area contributed by atoms with E-state index in [2.05, 4.69) is 40.1 Å². The predicted octanol–water partition coefficient (Wildman–Crippen LogP) is 4.22. The molecule has 6 aromatic heterocycles. The molecule has 9 nitrogen and oxygen atoms in total. The van der Waals surface area contributed by atoms with Gasteiger partial charge < -0.3 is 9.88 Å². The van der Waals surface area contributed by atoms with Gasteiger partial charge in [-0.25, -0.2) is 14.4 Å². The number of aromatic nitrogens is 8. The molecule has 0 aliphatic heterocycles. The van der Waals surface area contributed by atoms with Crippen LogP contribution in [-0.4, -0.2) is 59.1 Å². The van der Waals surface area contributed by atoms with Crippen molar-refractivity contribution in [2.45, 2.75) is 6.54 Å². The van der Waals surface area contributed by atoms with Crippen molar-refractivity contribution in [2.24, 2.45) is 0 Å². The number of nitrogens with zero attached hydrogens (tertiary/aromatic N) is 7. The second-order valence-electron chi connectivity index (χ2n) is 8.48. The fourth-order valence-corrected chi connectivity index (χ4v) is 4.21. The second kappa shape index (κ2) is 8.33. The molecule has 0 aromatic carbocycles. The van der Waals surface area contributed by atoms with Gasteiger partial charge in [0, 0.05) is 48.7 Å². The van der Waals surface area contributed by atoms with Crippen molar-refractivity contribution < 1.29 is 4.39 Å². The average molecular weight is 465 g/mol. The molecule has 0 saturated heterocycles. The number of aromatic amines is 2. The standard InChI is InChI=1S/C25H20FN9/c1-35(2)13-14-9-16(11-28-10-14)21-20(26)19-18(12-30-21)33-34-23(19)25-31-22-17(5-8-29-24(22)32-25)15-3-6-27-7-4-15/h3-12H,13H2,1-2H3,(H,33,34)(H,29,31,32). The van der Waals surface area contributed by atoms with Crippen molar-refractivity contribution in [3.05, 3.63) is 72.8 Å². The fourth-order valence-electron chi connectivity index (χ4n) is 4.21. The maximum absolute atomic E-state index is 15.9. The molecule has 0 saturated carbocycles. The third-order valence-corrected chi connectivity index (χ3v) is 5.72. The molecule has 0 radical (unpaired) electrons. The number of imidazole rings is 1. The van der Waals surface area contributed by atoms with Crippen molar-refractivity contribution in [3.63, 3.8) is 0 Å². The van der Waals surface area contributed by atoms with Crippen LogP contribution in [0.3, 0.4) is 0 Å². The molecule has 0 aliphatic rings. The molecule has 0 aliphatic carbocycles. The van der Waals surface area contributed by atoms with Gasteiger partial charge in [-0.15, -0.1) is 0 Å². The van der Waals surface area contributed by atoms with Gasteiger partial charge >= 0.3 is 0 Å². The molecule has 0 atom stereocenters. The quantitative estimate of drug-likeness (QED) is 0.392. The first-order valence-electron chi connectivity index (χ1n) is 11.0. The summed E-state index contributed by atoms with van der Waals surface area (Å²) in [6, 6.07) is 7.62. The summed E-state index contributed by atoms with van der Waals surface area (Å²) in [6.45, 7) is 0.688. The number of halogens is 1. The summed E-state index contributed by atoms with van der Waals surface area (Å²) in [4.78, 5) is 27.0. The topological polar surface area (TPSA) is 112 Å². The Kier molecular flexibility index (Phi) is 5.00. The lowest BCUT2D eigenvalue weighted by atomic mass is 10.1. The Hall–Kier alpha value is -4.57. The van der Waals surface area contributed by atoms with E-state index < -0.39 is 5.82 Å². The van der Waals surface area contributed by atoms with Gasteiger partial charge in [-0.3, -0.25) is 20.1 Å². The molecule has 2 N–H and O–H groups in total. The predicted molar refractivity (Wildman–Crippen MR) is 131 cm³/mol. The monoisotopic (exact) mass is 465 g/mol. The first kappa shape index (κ1) is 21.0. The van der Waals surface area contributed by atoms with Crippen LogP contribution in [0.1, 0.15) is 5.56 Å². The molecule has 6 aromatic rings. The smallest absolute Gasteiger partial charge is 0.178 e. The Morgan fingerprint density at radius 2 is 1.77 bits per heavy atom. The summed E-state index contributed by atoms with van der Waals surface area (Å²) in [5.74, 6) is -0.0754.